The average Bonchev–Trinajstić information content (AvgIpc) is 2.81. The van der Waals surface area contributed by atoms with Gasteiger partial charge >= 0.3 is 0 Å². The number of aryl methyl sites for hydroxylation is 1. The van der Waals surface area contributed by atoms with Gasteiger partial charge in [0.2, 0.25) is 11.6 Å². The molecule has 0 aliphatic rings. The van der Waals surface area contributed by atoms with E-state index in [1.54, 1.807) is 0 Å². The molecule has 1 aromatic carbocycles. The van der Waals surface area contributed by atoms with Crippen LogP contribution in [0.25, 0.3) is 10.2 Å². The molecule has 0 aliphatic carbocycles. The first-order valence-corrected chi connectivity index (χ1v) is 7.03. The maximum atomic E-state index is 12.9. The summed E-state index contributed by atoms with van der Waals surface area (Å²) in [7, 11) is 0. The molecule has 2 heterocycles. The van der Waals surface area contributed by atoms with Gasteiger partial charge in [-0.25, -0.2) is 14.4 Å². The van der Waals surface area contributed by atoms with Crippen LogP contribution in [0.3, 0.4) is 0 Å². The Hall–Kier alpha value is -1.85. The lowest BCUT2D eigenvalue weighted by atomic mass is 10.1. The molecule has 100 valence electrons. The largest absolute Gasteiger partial charge is 0.285 e. The lowest BCUT2D eigenvalue weighted by molar-refractivity contribution is 0.102. The lowest BCUT2D eigenvalue weighted by Gasteiger charge is -2.02. The summed E-state index contributed by atoms with van der Waals surface area (Å²) < 4.78 is 13.6. The molecule has 0 atom stereocenters. The average molecular weight is 307 g/mol. The molecule has 0 unspecified atom stereocenters. The fourth-order valence-corrected chi connectivity index (χ4v) is 3.00. The molecule has 6 heteroatoms. The van der Waals surface area contributed by atoms with Crippen molar-refractivity contribution in [1.82, 2.24) is 9.97 Å². The van der Waals surface area contributed by atoms with Crippen LogP contribution in [-0.2, 0) is 0 Å². The Morgan fingerprint density at radius 2 is 1.95 bits per heavy atom. The lowest BCUT2D eigenvalue weighted by Crippen LogP contribution is -2.07. The number of ketones is 1. The molecule has 0 spiro atoms. The van der Waals surface area contributed by atoms with E-state index < -0.39 is 5.82 Å². The van der Waals surface area contributed by atoms with Crippen molar-refractivity contribution in [3.8, 4) is 0 Å². The van der Waals surface area contributed by atoms with E-state index in [0.717, 1.165) is 10.3 Å². The zero-order valence-corrected chi connectivity index (χ0v) is 11.9. The second-order valence-corrected chi connectivity index (χ2v) is 5.51. The second-order valence-electron chi connectivity index (χ2n) is 4.27. The van der Waals surface area contributed by atoms with Crippen molar-refractivity contribution in [2.45, 2.75) is 6.92 Å². The summed E-state index contributed by atoms with van der Waals surface area (Å²) in [5.74, 6) is -0.750. The Morgan fingerprint density at radius 1 is 1.25 bits per heavy atom. The van der Waals surface area contributed by atoms with Gasteiger partial charge in [-0.3, -0.25) is 4.79 Å². The fourth-order valence-electron chi connectivity index (χ4n) is 1.83. The number of rotatable bonds is 2. The third-order valence-corrected chi connectivity index (χ3v) is 4.34. The van der Waals surface area contributed by atoms with Gasteiger partial charge in [-0.15, -0.1) is 11.3 Å². The molecule has 0 amide bonds. The Morgan fingerprint density at radius 3 is 2.65 bits per heavy atom. The highest BCUT2D eigenvalue weighted by Crippen LogP contribution is 2.29. The zero-order chi connectivity index (χ0) is 14.3. The number of fused-ring (bicyclic) bond motifs is 1. The molecule has 3 nitrogen and oxygen atoms in total. The van der Waals surface area contributed by atoms with Crippen LogP contribution < -0.4 is 0 Å². The summed E-state index contributed by atoms with van der Waals surface area (Å²) in [6.07, 6.45) is 0. The first-order chi connectivity index (χ1) is 9.56. The van der Waals surface area contributed by atoms with Gasteiger partial charge in [0.25, 0.3) is 0 Å². The van der Waals surface area contributed by atoms with Crippen LogP contribution in [0.15, 0.2) is 29.6 Å². The third kappa shape index (κ3) is 2.19. The number of carbonyl (C=O) groups is 1. The monoisotopic (exact) mass is 306 g/mol. The molecule has 0 bridgehead atoms. The highest BCUT2D eigenvalue weighted by atomic mass is 35.5. The first kappa shape index (κ1) is 13.1. The van der Waals surface area contributed by atoms with Gasteiger partial charge in [0.1, 0.15) is 5.82 Å². The van der Waals surface area contributed by atoms with Crippen LogP contribution in [0.1, 0.15) is 21.7 Å². The Kier molecular flexibility index (Phi) is 3.23. The molecule has 2 aromatic heterocycles. The predicted molar refractivity (Wildman–Crippen MR) is 77.0 cm³/mol. The van der Waals surface area contributed by atoms with E-state index in [0.29, 0.717) is 11.1 Å². The van der Waals surface area contributed by atoms with Gasteiger partial charge in [-0.05, 0) is 42.1 Å². The minimum atomic E-state index is -0.398. The molecule has 0 saturated carbocycles. The molecule has 3 aromatic rings. The van der Waals surface area contributed by atoms with Crippen LogP contribution >= 0.6 is 22.9 Å². The number of hydrogen-bond acceptors (Lipinski definition) is 4. The smallest absolute Gasteiger partial charge is 0.230 e. The molecule has 0 aliphatic heterocycles. The van der Waals surface area contributed by atoms with E-state index in [4.69, 9.17) is 11.6 Å². The molecule has 0 fully saturated rings. The number of nitrogens with zero attached hydrogens (tertiary/aromatic N) is 2. The number of benzene rings is 1. The van der Waals surface area contributed by atoms with Crippen LogP contribution in [0, 0.1) is 12.7 Å². The van der Waals surface area contributed by atoms with Crippen molar-refractivity contribution in [1.29, 1.82) is 0 Å². The number of carbonyl (C=O) groups excluding carboxylic acids is 1. The van der Waals surface area contributed by atoms with E-state index in [2.05, 4.69) is 9.97 Å². The van der Waals surface area contributed by atoms with Gasteiger partial charge in [-0.1, -0.05) is 11.6 Å². The van der Waals surface area contributed by atoms with Gasteiger partial charge in [0.15, 0.2) is 5.15 Å². The molecule has 3 rings (SSSR count). The predicted octanol–water partition coefficient (Wildman–Crippen LogP) is 4.02. The minimum absolute atomic E-state index is 0.0237. The quantitative estimate of drug-likeness (QED) is 0.530. The number of thiophene rings is 1. The standard InChI is InChI=1S/C14H8ClFN2OS/c1-7-6-20-12-10(7)17-14(18-13(12)15)11(19)8-2-4-9(16)5-3-8/h2-6H,1H3. The Balaban J connectivity index is 2.12. The summed E-state index contributed by atoms with van der Waals surface area (Å²) in [5.41, 5.74) is 1.96. The molecular formula is C14H8ClFN2OS. The highest BCUT2D eigenvalue weighted by Gasteiger charge is 2.17. The molecular weight excluding hydrogens is 299 g/mol. The van der Waals surface area contributed by atoms with Crippen molar-refractivity contribution in [3.05, 3.63) is 57.6 Å². The minimum Gasteiger partial charge on any atom is -0.285 e. The summed E-state index contributed by atoms with van der Waals surface area (Å²) in [6, 6.07) is 5.26. The van der Waals surface area contributed by atoms with Gasteiger partial charge in [-0.2, -0.15) is 0 Å². The number of hydrogen-bond donors (Lipinski definition) is 0. The van der Waals surface area contributed by atoms with Crippen LogP contribution in [0.5, 0.6) is 0 Å². The molecule has 0 N–H and O–H groups in total. The van der Waals surface area contributed by atoms with Crippen LogP contribution in [-0.4, -0.2) is 15.8 Å². The van der Waals surface area contributed by atoms with Crippen molar-refractivity contribution in [2.75, 3.05) is 0 Å². The second kappa shape index (κ2) is 4.92. The third-order valence-electron chi connectivity index (χ3n) is 2.86. The van der Waals surface area contributed by atoms with Crippen LogP contribution in [0.4, 0.5) is 4.39 Å². The zero-order valence-electron chi connectivity index (χ0n) is 10.4. The summed E-state index contributed by atoms with van der Waals surface area (Å²) >= 11 is 7.52. The summed E-state index contributed by atoms with van der Waals surface area (Å²) in [4.78, 5) is 20.6. The first-order valence-electron chi connectivity index (χ1n) is 5.78. The van der Waals surface area contributed by atoms with E-state index in [-0.39, 0.29) is 16.8 Å². The topological polar surface area (TPSA) is 42.9 Å². The maximum Gasteiger partial charge on any atom is 0.230 e. The molecule has 20 heavy (non-hydrogen) atoms. The molecule has 0 saturated heterocycles. The fraction of sp³-hybridized carbons (Fsp3) is 0.0714. The Bertz CT molecular complexity index is 814. The number of aromatic nitrogens is 2. The van der Waals surface area contributed by atoms with Gasteiger partial charge in [0.05, 0.1) is 10.2 Å². The van der Waals surface area contributed by atoms with Crippen LogP contribution in [0.2, 0.25) is 5.15 Å². The van der Waals surface area contributed by atoms with Crippen molar-refractivity contribution in [2.24, 2.45) is 0 Å². The molecule has 0 radical (unpaired) electrons. The van der Waals surface area contributed by atoms with Gasteiger partial charge in [0, 0.05) is 5.56 Å². The van der Waals surface area contributed by atoms with E-state index in [1.807, 2.05) is 12.3 Å². The van der Waals surface area contributed by atoms with Crippen molar-refractivity contribution >= 4 is 38.9 Å². The van der Waals surface area contributed by atoms with E-state index >= 15 is 0 Å². The SMILES string of the molecule is Cc1csc2c(Cl)nc(C(=O)c3ccc(F)cc3)nc12. The number of halogens is 2. The maximum absolute atomic E-state index is 12.9. The summed E-state index contributed by atoms with van der Waals surface area (Å²) in [6.45, 7) is 1.90. The normalized spacial score (nSPS) is 10.9. The highest BCUT2D eigenvalue weighted by molar-refractivity contribution is 7.18. The van der Waals surface area contributed by atoms with Gasteiger partial charge < -0.3 is 0 Å². The Labute approximate surface area is 123 Å². The van der Waals surface area contributed by atoms with E-state index in [9.17, 15) is 9.18 Å². The van der Waals surface area contributed by atoms with Crippen molar-refractivity contribution < 1.29 is 9.18 Å². The summed E-state index contributed by atoms with van der Waals surface area (Å²) in [5, 5.41) is 2.18. The van der Waals surface area contributed by atoms with Crippen molar-refractivity contribution in [3.63, 3.8) is 0 Å². The van der Waals surface area contributed by atoms with E-state index in [1.165, 1.54) is 35.6 Å².